The van der Waals surface area contributed by atoms with Crippen LogP contribution in [0.3, 0.4) is 0 Å². The van der Waals surface area contributed by atoms with Gasteiger partial charge in [0.05, 0.1) is 0 Å². The number of carboxylic acid groups (broad SMARTS) is 1. The summed E-state index contributed by atoms with van der Waals surface area (Å²) in [4.78, 5) is 12.9. The largest absolute Gasteiger partial charge is 0.481 e. The molecule has 0 bridgehead atoms. The molecule has 0 spiro atoms. The van der Waals surface area contributed by atoms with Crippen LogP contribution in [-0.2, 0) is 4.79 Å². The molecule has 1 fully saturated rings. The van der Waals surface area contributed by atoms with Gasteiger partial charge in [0.25, 0.3) is 0 Å². The molecular formula is C12H23NO2. The standard InChI is InChI=1S/C12H23NO2/c1-9(5-11(14)15)6-13-7-10(8-13)12(2,3)4/h9-10H,5-8H2,1-4H3,(H,14,15). The molecule has 1 unspecified atom stereocenters. The fraction of sp³-hybridized carbons (Fsp3) is 0.917. The number of nitrogens with zero attached hydrogens (tertiary/aromatic N) is 1. The van der Waals surface area contributed by atoms with Gasteiger partial charge in [-0.05, 0) is 17.3 Å². The van der Waals surface area contributed by atoms with E-state index in [2.05, 4.69) is 25.7 Å². The molecule has 15 heavy (non-hydrogen) atoms. The minimum atomic E-state index is -0.685. The van der Waals surface area contributed by atoms with Crippen LogP contribution < -0.4 is 0 Å². The number of carbonyl (C=O) groups is 1. The van der Waals surface area contributed by atoms with Gasteiger partial charge in [-0.3, -0.25) is 4.79 Å². The van der Waals surface area contributed by atoms with E-state index in [4.69, 9.17) is 5.11 Å². The third-order valence-corrected chi connectivity index (χ3v) is 3.27. The van der Waals surface area contributed by atoms with Crippen LogP contribution in [0.15, 0.2) is 0 Å². The van der Waals surface area contributed by atoms with Crippen LogP contribution in [0, 0.1) is 17.3 Å². The third kappa shape index (κ3) is 3.82. The quantitative estimate of drug-likeness (QED) is 0.777. The van der Waals surface area contributed by atoms with Crippen molar-refractivity contribution in [2.24, 2.45) is 17.3 Å². The summed E-state index contributed by atoms with van der Waals surface area (Å²) in [6.45, 7) is 12.0. The monoisotopic (exact) mass is 213 g/mol. The van der Waals surface area contributed by atoms with E-state index in [0.29, 0.717) is 5.41 Å². The van der Waals surface area contributed by atoms with Crippen molar-refractivity contribution in [3.8, 4) is 0 Å². The predicted octanol–water partition coefficient (Wildman–Crippen LogP) is 2.08. The van der Waals surface area contributed by atoms with E-state index in [1.165, 1.54) is 0 Å². The number of aliphatic carboxylic acids is 1. The Kier molecular flexibility index (Phi) is 3.77. The molecule has 1 rings (SSSR count). The lowest BCUT2D eigenvalue weighted by Gasteiger charge is -2.47. The van der Waals surface area contributed by atoms with Gasteiger partial charge >= 0.3 is 5.97 Å². The zero-order chi connectivity index (χ0) is 11.6. The number of rotatable bonds is 4. The second-order valence-corrected chi connectivity index (χ2v) is 5.98. The van der Waals surface area contributed by atoms with Gasteiger partial charge in [-0.2, -0.15) is 0 Å². The van der Waals surface area contributed by atoms with E-state index in [0.717, 1.165) is 25.6 Å². The summed E-state index contributed by atoms with van der Waals surface area (Å²) in [5.41, 5.74) is 0.395. The SMILES string of the molecule is CC(CC(=O)O)CN1CC(C(C)(C)C)C1. The minimum absolute atomic E-state index is 0.267. The Labute approximate surface area is 92.5 Å². The fourth-order valence-corrected chi connectivity index (χ4v) is 2.07. The molecule has 0 amide bonds. The molecule has 1 N–H and O–H groups in total. The first kappa shape index (κ1) is 12.5. The van der Waals surface area contributed by atoms with Crippen LogP contribution in [-0.4, -0.2) is 35.6 Å². The molecule has 0 aromatic heterocycles. The summed E-state index contributed by atoms with van der Waals surface area (Å²) in [7, 11) is 0. The van der Waals surface area contributed by atoms with Gasteiger partial charge in [0.15, 0.2) is 0 Å². The van der Waals surface area contributed by atoms with Crippen molar-refractivity contribution in [1.29, 1.82) is 0 Å². The Morgan fingerprint density at radius 1 is 1.47 bits per heavy atom. The predicted molar refractivity (Wildman–Crippen MR) is 60.8 cm³/mol. The van der Waals surface area contributed by atoms with Crippen LogP contribution in [0.5, 0.6) is 0 Å². The van der Waals surface area contributed by atoms with E-state index in [1.54, 1.807) is 0 Å². The smallest absolute Gasteiger partial charge is 0.303 e. The van der Waals surface area contributed by atoms with Crippen molar-refractivity contribution in [2.75, 3.05) is 19.6 Å². The summed E-state index contributed by atoms with van der Waals surface area (Å²) < 4.78 is 0. The molecule has 0 aliphatic carbocycles. The normalized spacial score (nSPS) is 21.1. The van der Waals surface area contributed by atoms with Crippen LogP contribution in [0.4, 0.5) is 0 Å². The van der Waals surface area contributed by atoms with E-state index in [1.807, 2.05) is 6.92 Å². The molecule has 0 saturated carbocycles. The summed E-state index contributed by atoms with van der Waals surface area (Å²) in [6, 6.07) is 0. The minimum Gasteiger partial charge on any atom is -0.481 e. The van der Waals surface area contributed by atoms with E-state index in [-0.39, 0.29) is 12.3 Å². The highest BCUT2D eigenvalue weighted by atomic mass is 16.4. The first-order chi connectivity index (χ1) is 6.79. The first-order valence-electron chi connectivity index (χ1n) is 5.73. The molecule has 1 aliphatic heterocycles. The summed E-state index contributed by atoms with van der Waals surface area (Å²) >= 11 is 0. The number of carboxylic acids is 1. The van der Waals surface area contributed by atoms with Gasteiger partial charge in [0.2, 0.25) is 0 Å². The fourth-order valence-electron chi connectivity index (χ4n) is 2.07. The zero-order valence-corrected chi connectivity index (χ0v) is 10.3. The van der Waals surface area contributed by atoms with E-state index in [9.17, 15) is 4.79 Å². The van der Waals surface area contributed by atoms with Crippen molar-refractivity contribution in [3.63, 3.8) is 0 Å². The number of hydrogen-bond acceptors (Lipinski definition) is 2. The van der Waals surface area contributed by atoms with Gasteiger partial charge in [0.1, 0.15) is 0 Å². The summed E-state index contributed by atoms with van der Waals surface area (Å²) in [5.74, 6) is 0.355. The molecule has 3 nitrogen and oxygen atoms in total. The number of hydrogen-bond donors (Lipinski definition) is 1. The second kappa shape index (κ2) is 4.52. The second-order valence-electron chi connectivity index (χ2n) is 5.98. The van der Waals surface area contributed by atoms with Gasteiger partial charge in [-0.25, -0.2) is 0 Å². The van der Waals surface area contributed by atoms with Crippen LogP contribution in [0.2, 0.25) is 0 Å². The van der Waals surface area contributed by atoms with Crippen molar-refractivity contribution in [1.82, 2.24) is 4.90 Å². The van der Waals surface area contributed by atoms with Crippen molar-refractivity contribution >= 4 is 5.97 Å². The Hall–Kier alpha value is -0.570. The molecule has 88 valence electrons. The van der Waals surface area contributed by atoms with E-state index >= 15 is 0 Å². The average Bonchev–Trinajstić information content (AvgIpc) is 1.91. The number of likely N-dealkylation sites (tertiary alicyclic amines) is 1. The Morgan fingerprint density at radius 2 is 2.00 bits per heavy atom. The molecule has 3 heteroatoms. The lowest BCUT2D eigenvalue weighted by atomic mass is 9.76. The molecule has 0 aromatic rings. The summed E-state index contributed by atoms with van der Waals surface area (Å²) in [6.07, 6.45) is 0.288. The average molecular weight is 213 g/mol. The first-order valence-corrected chi connectivity index (χ1v) is 5.73. The molecule has 0 radical (unpaired) electrons. The van der Waals surface area contributed by atoms with Gasteiger partial charge in [-0.1, -0.05) is 27.7 Å². The topological polar surface area (TPSA) is 40.5 Å². The molecular weight excluding hydrogens is 190 g/mol. The highest BCUT2D eigenvalue weighted by molar-refractivity contribution is 5.66. The van der Waals surface area contributed by atoms with E-state index < -0.39 is 5.97 Å². The Bertz CT molecular complexity index is 226. The highest BCUT2D eigenvalue weighted by Gasteiger charge is 2.35. The zero-order valence-electron chi connectivity index (χ0n) is 10.3. The molecule has 1 saturated heterocycles. The maximum absolute atomic E-state index is 10.5. The maximum atomic E-state index is 10.5. The van der Waals surface area contributed by atoms with Crippen LogP contribution in [0.25, 0.3) is 0 Å². The molecule has 0 aromatic carbocycles. The molecule has 1 heterocycles. The van der Waals surface area contributed by atoms with Crippen molar-refractivity contribution < 1.29 is 9.90 Å². The molecule has 1 aliphatic rings. The van der Waals surface area contributed by atoms with Crippen molar-refractivity contribution in [3.05, 3.63) is 0 Å². The highest BCUT2D eigenvalue weighted by Crippen LogP contribution is 2.33. The maximum Gasteiger partial charge on any atom is 0.303 e. The van der Waals surface area contributed by atoms with Crippen molar-refractivity contribution in [2.45, 2.75) is 34.1 Å². The summed E-state index contributed by atoms with van der Waals surface area (Å²) in [5, 5.41) is 8.65. The third-order valence-electron chi connectivity index (χ3n) is 3.27. The van der Waals surface area contributed by atoms with Crippen LogP contribution in [0.1, 0.15) is 34.1 Å². The molecule has 1 atom stereocenters. The van der Waals surface area contributed by atoms with Gasteiger partial charge in [0, 0.05) is 26.1 Å². The lowest BCUT2D eigenvalue weighted by Crippen LogP contribution is -2.53. The van der Waals surface area contributed by atoms with Crippen LogP contribution >= 0.6 is 0 Å². The Balaban J connectivity index is 2.20. The van der Waals surface area contributed by atoms with Gasteiger partial charge in [-0.15, -0.1) is 0 Å². The van der Waals surface area contributed by atoms with Gasteiger partial charge < -0.3 is 10.0 Å². The lowest BCUT2D eigenvalue weighted by molar-refractivity contribution is -0.138. The Morgan fingerprint density at radius 3 is 2.40 bits per heavy atom.